The molecule has 2 rings (SSSR count). The second-order valence-electron chi connectivity index (χ2n) is 3.95. The molecule has 1 saturated heterocycles. The number of morpholine rings is 1. The highest BCUT2D eigenvalue weighted by Crippen LogP contribution is 2.30. The van der Waals surface area contributed by atoms with Gasteiger partial charge in [0.15, 0.2) is 0 Å². The minimum atomic E-state index is -0.170. The molecular formula is C11H14Cl2N2O2S. The molecule has 0 bridgehead atoms. The van der Waals surface area contributed by atoms with Crippen LogP contribution in [-0.2, 0) is 4.74 Å². The van der Waals surface area contributed by atoms with Crippen LogP contribution in [0.25, 0.3) is 0 Å². The highest BCUT2D eigenvalue weighted by atomic mass is 35.5. The molecule has 1 aliphatic heterocycles. The van der Waals surface area contributed by atoms with Gasteiger partial charge in [0, 0.05) is 26.2 Å². The maximum absolute atomic E-state index is 11.8. The van der Waals surface area contributed by atoms with E-state index in [0.717, 1.165) is 32.8 Å². The smallest absolute Gasteiger partial charge is 0.253 e. The second-order valence-corrected chi connectivity index (χ2v) is 6.23. The fourth-order valence-corrected chi connectivity index (χ4v) is 3.20. The zero-order valence-corrected chi connectivity index (χ0v) is 12.1. The van der Waals surface area contributed by atoms with Gasteiger partial charge in [-0.15, -0.1) is 11.3 Å². The van der Waals surface area contributed by atoms with Crippen LogP contribution in [0, 0.1) is 0 Å². The first-order chi connectivity index (χ1) is 8.66. The van der Waals surface area contributed by atoms with Crippen LogP contribution in [0.15, 0.2) is 6.07 Å². The van der Waals surface area contributed by atoms with Gasteiger partial charge in [0.2, 0.25) is 0 Å². The van der Waals surface area contributed by atoms with Crippen molar-refractivity contribution in [1.29, 1.82) is 0 Å². The van der Waals surface area contributed by atoms with E-state index in [1.54, 1.807) is 6.07 Å². The van der Waals surface area contributed by atoms with Crippen molar-refractivity contribution >= 4 is 40.4 Å². The van der Waals surface area contributed by atoms with Crippen LogP contribution in [0.5, 0.6) is 0 Å². The van der Waals surface area contributed by atoms with Crippen LogP contribution in [0.3, 0.4) is 0 Å². The lowest BCUT2D eigenvalue weighted by atomic mass is 10.3. The van der Waals surface area contributed by atoms with E-state index in [0.29, 0.717) is 20.8 Å². The summed E-state index contributed by atoms with van der Waals surface area (Å²) in [6.07, 6.45) is 0. The minimum absolute atomic E-state index is 0.170. The van der Waals surface area contributed by atoms with Gasteiger partial charge < -0.3 is 10.1 Å². The van der Waals surface area contributed by atoms with Gasteiger partial charge in [-0.05, 0) is 6.07 Å². The molecule has 1 fully saturated rings. The van der Waals surface area contributed by atoms with E-state index in [1.165, 1.54) is 11.3 Å². The summed E-state index contributed by atoms with van der Waals surface area (Å²) in [6.45, 7) is 4.79. The summed E-state index contributed by atoms with van der Waals surface area (Å²) in [5.74, 6) is -0.170. The van der Waals surface area contributed by atoms with Crippen LogP contribution < -0.4 is 5.32 Å². The van der Waals surface area contributed by atoms with E-state index < -0.39 is 0 Å². The molecule has 18 heavy (non-hydrogen) atoms. The molecule has 4 nitrogen and oxygen atoms in total. The van der Waals surface area contributed by atoms with Gasteiger partial charge in [0.05, 0.1) is 23.1 Å². The number of halogens is 2. The van der Waals surface area contributed by atoms with Crippen molar-refractivity contribution < 1.29 is 9.53 Å². The third-order valence-electron chi connectivity index (χ3n) is 2.72. The second kappa shape index (κ2) is 6.73. The van der Waals surface area contributed by atoms with Crippen molar-refractivity contribution in [3.63, 3.8) is 0 Å². The third-order valence-corrected chi connectivity index (χ3v) is 4.21. The summed E-state index contributed by atoms with van der Waals surface area (Å²) >= 11 is 12.9. The Morgan fingerprint density at radius 2 is 2.17 bits per heavy atom. The van der Waals surface area contributed by atoms with E-state index in [9.17, 15) is 4.79 Å². The van der Waals surface area contributed by atoms with Crippen molar-refractivity contribution in [2.24, 2.45) is 0 Å². The van der Waals surface area contributed by atoms with Crippen molar-refractivity contribution in [1.82, 2.24) is 10.2 Å². The molecule has 1 amide bonds. The minimum Gasteiger partial charge on any atom is -0.379 e. The topological polar surface area (TPSA) is 41.6 Å². The molecule has 0 aliphatic carbocycles. The van der Waals surface area contributed by atoms with Crippen LogP contribution in [0.2, 0.25) is 8.67 Å². The highest BCUT2D eigenvalue weighted by molar-refractivity contribution is 7.20. The van der Waals surface area contributed by atoms with Crippen LogP contribution in [-0.4, -0.2) is 50.2 Å². The van der Waals surface area contributed by atoms with E-state index in [2.05, 4.69) is 10.2 Å². The molecule has 0 saturated carbocycles. The number of hydrogen-bond acceptors (Lipinski definition) is 4. The molecule has 100 valence electrons. The molecule has 1 aromatic rings. The summed E-state index contributed by atoms with van der Waals surface area (Å²) in [6, 6.07) is 1.60. The van der Waals surface area contributed by atoms with E-state index >= 15 is 0 Å². The third kappa shape index (κ3) is 3.83. The molecule has 0 atom stereocenters. The summed E-state index contributed by atoms with van der Waals surface area (Å²) in [5, 5.41) is 2.84. The number of ether oxygens (including phenoxy) is 1. The Kier molecular flexibility index (Phi) is 5.26. The van der Waals surface area contributed by atoms with E-state index in [4.69, 9.17) is 27.9 Å². The molecule has 0 spiro atoms. The Balaban J connectivity index is 1.76. The molecular weight excluding hydrogens is 295 g/mol. The Morgan fingerprint density at radius 1 is 1.44 bits per heavy atom. The van der Waals surface area contributed by atoms with Gasteiger partial charge in [-0.2, -0.15) is 0 Å². The van der Waals surface area contributed by atoms with Gasteiger partial charge in [0.1, 0.15) is 4.34 Å². The van der Waals surface area contributed by atoms with Gasteiger partial charge in [-0.1, -0.05) is 23.2 Å². The average molecular weight is 309 g/mol. The number of hydrogen-bond donors (Lipinski definition) is 1. The molecule has 1 aliphatic rings. The fourth-order valence-electron chi connectivity index (χ4n) is 1.74. The number of thiophene rings is 1. The standard InChI is InChI=1S/C11H14Cl2N2O2S/c12-9-7-8(10(13)18-9)11(16)14-1-2-15-3-5-17-6-4-15/h7H,1-6H2,(H,14,16). The molecule has 0 radical (unpaired) electrons. The number of nitrogens with zero attached hydrogens (tertiary/aromatic N) is 1. The Labute approximate surface area is 120 Å². The Morgan fingerprint density at radius 3 is 2.78 bits per heavy atom. The van der Waals surface area contributed by atoms with Crippen LogP contribution in [0.4, 0.5) is 0 Å². The first-order valence-electron chi connectivity index (χ1n) is 5.70. The molecule has 0 aromatic carbocycles. The van der Waals surface area contributed by atoms with Gasteiger partial charge >= 0.3 is 0 Å². The molecule has 0 unspecified atom stereocenters. The maximum atomic E-state index is 11.8. The number of rotatable bonds is 4. The van der Waals surface area contributed by atoms with Crippen molar-refractivity contribution in [3.05, 3.63) is 20.3 Å². The van der Waals surface area contributed by atoms with Crippen molar-refractivity contribution in [2.45, 2.75) is 0 Å². The summed E-state index contributed by atoms with van der Waals surface area (Å²) in [5.41, 5.74) is 0.452. The zero-order chi connectivity index (χ0) is 13.0. The summed E-state index contributed by atoms with van der Waals surface area (Å²) in [4.78, 5) is 14.1. The molecule has 7 heteroatoms. The predicted octanol–water partition coefficient (Wildman–Crippen LogP) is 2.12. The molecule has 2 heterocycles. The van der Waals surface area contributed by atoms with Crippen LogP contribution >= 0.6 is 34.5 Å². The summed E-state index contributed by atoms with van der Waals surface area (Å²) < 4.78 is 6.22. The zero-order valence-electron chi connectivity index (χ0n) is 9.75. The average Bonchev–Trinajstić information content (AvgIpc) is 2.70. The van der Waals surface area contributed by atoms with Crippen LogP contribution in [0.1, 0.15) is 10.4 Å². The number of amides is 1. The van der Waals surface area contributed by atoms with Crippen molar-refractivity contribution in [3.8, 4) is 0 Å². The number of carbonyl (C=O) groups excluding carboxylic acids is 1. The monoisotopic (exact) mass is 308 g/mol. The number of nitrogens with one attached hydrogen (secondary N) is 1. The van der Waals surface area contributed by atoms with Gasteiger partial charge in [-0.3, -0.25) is 9.69 Å². The maximum Gasteiger partial charge on any atom is 0.253 e. The van der Waals surface area contributed by atoms with E-state index in [-0.39, 0.29) is 5.91 Å². The molecule has 1 aromatic heterocycles. The van der Waals surface area contributed by atoms with Crippen molar-refractivity contribution in [2.75, 3.05) is 39.4 Å². The Bertz CT molecular complexity index is 419. The summed E-state index contributed by atoms with van der Waals surface area (Å²) in [7, 11) is 0. The lowest BCUT2D eigenvalue weighted by Gasteiger charge is -2.26. The quantitative estimate of drug-likeness (QED) is 0.926. The first-order valence-corrected chi connectivity index (χ1v) is 7.27. The fraction of sp³-hybridized carbons (Fsp3) is 0.545. The largest absolute Gasteiger partial charge is 0.379 e. The Hall–Kier alpha value is -0.330. The first kappa shape index (κ1) is 14.1. The number of carbonyl (C=O) groups is 1. The molecule has 1 N–H and O–H groups in total. The lowest BCUT2D eigenvalue weighted by molar-refractivity contribution is 0.0383. The van der Waals surface area contributed by atoms with Gasteiger partial charge in [0.25, 0.3) is 5.91 Å². The normalized spacial score (nSPS) is 16.8. The lowest BCUT2D eigenvalue weighted by Crippen LogP contribution is -2.41. The van der Waals surface area contributed by atoms with E-state index in [1.807, 2.05) is 0 Å². The van der Waals surface area contributed by atoms with Gasteiger partial charge in [-0.25, -0.2) is 0 Å². The highest BCUT2D eigenvalue weighted by Gasteiger charge is 2.15. The SMILES string of the molecule is O=C(NCCN1CCOCC1)c1cc(Cl)sc1Cl. The predicted molar refractivity (Wildman–Crippen MR) is 73.9 cm³/mol.